The minimum Gasteiger partial charge on any atom is -0.0836 e. The van der Waals surface area contributed by atoms with Crippen LogP contribution in [0.25, 0.3) is 0 Å². The van der Waals surface area contributed by atoms with Crippen molar-refractivity contribution in [2.24, 2.45) is 5.92 Å². The molecular weight excluding hydrogens is 248 g/mol. The van der Waals surface area contributed by atoms with E-state index in [-0.39, 0.29) is 5.41 Å². The molecule has 0 N–H and O–H groups in total. The van der Waals surface area contributed by atoms with Crippen LogP contribution in [0, 0.1) is 5.92 Å². The summed E-state index contributed by atoms with van der Waals surface area (Å²) in [5.41, 5.74) is 4.74. The Kier molecular flexibility index (Phi) is 2.70. The van der Waals surface area contributed by atoms with Crippen molar-refractivity contribution in [3.05, 3.63) is 34.9 Å². The lowest BCUT2D eigenvalue weighted by atomic mass is 9.85. The molecule has 1 aliphatic carbocycles. The van der Waals surface area contributed by atoms with Gasteiger partial charge in [0.15, 0.2) is 0 Å². The van der Waals surface area contributed by atoms with Crippen molar-refractivity contribution in [3.8, 4) is 0 Å². The molecule has 1 heteroatoms. The van der Waals surface area contributed by atoms with Crippen LogP contribution in [-0.4, -0.2) is 0 Å². The Morgan fingerprint density at radius 2 is 1.93 bits per heavy atom. The monoisotopic (exact) mass is 266 g/mol. The molecule has 0 aromatic heterocycles. The second-order valence-electron chi connectivity index (χ2n) is 5.75. The van der Waals surface area contributed by atoms with Gasteiger partial charge in [-0.05, 0) is 34.4 Å². The molecule has 0 radical (unpaired) electrons. The fraction of sp³-hybridized carbons (Fsp3) is 0.571. The van der Waals surface area contributed by atoms with Gasteiger partial charge in [0.25, 0.3) is 0 Å². The van der Waals surface area contributed by atoms with Crippen molar-refractivity contribution in [2.45, 2.75) is 44.4 Å². The van der Waals surface area contributed by atoms with Crippen LogP contribution in [0.3, 0.4) is 0 Å². The molecule has 0 saturated heterocycles. The molecule has 2 atom stereocenters. The highest BCUT2D eigenvalue weighted by atomic mass is 79.9. The third kappa shape index (κ3) is 1.99. The molecule has 0 aliphatic heterocycles. The Hall–Kier alpha value is -0.300. The van der Waals surface area contributed by atoms with Gasteiger partial charge >= 0.3 is 0 Å². The molecule has 15 heavy (non-hydrogen) atoms. The predicted octanol–water partition coefficient (Wildman–Crippen LogP) is 4.61. The van der Waals surface area contributed by atoms with Crippen LogP contribution in [0.5, 0.6) is 0 Å². The van der Waals surface area contributed by atoms with Gasteiger partial charge in [-0.2, -0.15) is 0 Å². The number of fused-ring (bicyclic) bond motifs is 1. The van der Waals surface area contributed by atoms with E-state index in [1.54, 1.807) is 0 Å². The summed E-state index contributed by atoms with van der Waals surface area (Å²) < 4.78 is 0. The first-order chi connectivity index (χ1) is 6.89. The first-order valence-electron chi connectivity index (χ1n) is 5.67. The number of alkyl halides is 1. The SMILES string of the molecule is CC1Cc2ccc(C(C)(C)C)cc2C1Br. The molecule has 0 heterocycles. The highest BCUT2D eigenvalue weighted by Gasteiger charge is 2.28. The lowest BCUT2D eigenvalue weighted by Gasteiger charge is -2.20. The van der Waals surface area contributed by atoms with Gasteiger partial charge in [0.2, 0.25) is 0 Å². The van der Waals surface area contributed by atoms with Crippen molar-refractivity contribution < 1.29 is 0 Å². The molecule has 0 saturated carbocycles. The summed E-state index contributed by atoms with van der Waals surface area (Å²) in [6.07, 6.45) is 1.22. The second kappa shape index (κ2) is 3.62. The van der Waals surface area contributed by atoms with E-state index in [1.165, 1.54) is 23.1 Å². The normalized spacial score (nSPS) is 25.4. The van der Waals surface area contributed by atoms with E-state index in [9.17, 15) is 0 Å². The second-order valence-corrected chi connectivity index (χ2v) is 6.73. The molecule has 1 aromatic carbocycles. The van der Waals surface area contributed by atoms with Crippen molar-refractivity contribution >= 4 is 15.9 Å². The molecular formula is C14H19Br. The number of halogens is 1. The van der Waals surface area contributed by atoms with Crippen LogP contribution in [-0.2, 0) is 11.8 Å². The average Bonchev–Trinajstić information content (AvgIpc) is 2.41. The van der Waals surface area contributed by atoms with E-state index in [0.29, 0.717) is 4.83 Å². The van der Waals surface area contributed by atoms with Gasteiger partial charge in [0.1, 0.15) is 0 Å². The van der Waals surface area contributed by atoms with E-state index < -0.39 is 0 Å². The molecule has 0 nitrogen and oxygen atoms in total. The lowest BCUT2D eigenvalue weighted by molar-refractivity contribution is 0.588. The van der Waals surface area contributed by atoms with E-state index in [4.69, 9.17) is 0 Å². The maximum Gasteiger partial charge on any atom is 0.0426 e. The van der Waals surface area contributed by atoms with E-state index in [2.05, 4.69) is 61.8 Å². The largest absolute Gasteiger partial charge is 0.0836 e. The standard InChI is InChI=1S/C14H19Br/c1-9-7-10-5-6-11(14(2,3)4)8-12(10)13(9)15/h5-6,8-9,13H,7H2,1-4H3. The Balaban J connectivity index is 2.44. The summed E-state index contributed by atoms with van der Waals surface area (Å²) in [7, 11) is 0. The summed E-state index contributed by atoms with van der Waals surface area (Å²) in [6, 6.07) is 6.99. The topological polar surface area (TPSA) is 0 Å². The zero-order chi connectivity index (χ0) is 11.2. The van der Waals surface area contributed by atoms with Crippen molar-refractivity contribution in [1.82, 2.24) is 0 Å². The third-order valence-corrected chi connectivity index (χ3v) is 4.75. The summed E-state index contributed by atoms with van der Waals surface area (Å²) in [4.78, 5) is 0.551. The summed E-state index contributed by atoms with van der Waals surface area (Å²) in [5, 5.41) is 0. The number of rotatable bonds is 0. The molecule has 1 aliphatic rings. The summed E-state index contributed by atoms with van der Waals surface area (Å²) in [6.45, 7) is 9.14. The summed E-state index contributed by atoms with van der Waals surface area (Å²) in [5.74, 6) is 0.732. The predicted molar refractivity (Wildman–Crippen MR) is 69.7 cm³/mol. The molecule has 82 valence electrons. The smallest absolute Gasteiger partial charge is 0.0426 e. The minimum absolute atomic E-state index is 0.258. The van der Waals surface area contributed by atoms with Gasteiger partial charge < -0.3 is 0 Å². The Labute approximate surface area is 101 Å². The zero-order valence-electron chi connectivity index (χ0n) is 9.97. The minimum atomic E-state index is 0.258. The lowest BCUT2D eigenvalue weighted by Crippen LogP contribution is -2.11. The van der Waals surface area contributed by atoms with Crippen molar-refractivity contribution in [2.75, 3.05) is 0 Å². The fourth-order valence-corrected chi connectivity index (χ4v) is 2.87. The zero-order valence-corrected chi connectivity index (χ0v) is 11.6. The van der Waals surface area contributed by atoms with Gasteiger partial charge in [0, 0.05) is 4.83 Å². The number of hydrogen-bond acceptors (Lipinski definition) is 0. The summed E-state index contributed by atoms with van der Waals surface area (Å²) >= 11 is 3.80. The van der Waals surface area contributed by atoms with Gasteiger partial charge in [-0.3, -0.25) is 0 Å². The van der Waals surface area contributed by atoms with Crippen LogP contribution < -0.4 is 0 Å². The fourth-order valence-electron chi connectivity index (χ4n) is 2.26. The van der Waals surface area contributed by atoms with Gasteiger partial charge in [0.05, 0.1) is 0 Å². The highest BCUT2D eigenvalue weighted by Crippen LogP contribution is 2.43. The van der Waals surface area contributed by atoms with Crippen LogP contribution in [0.4, 0.5) is 0 Å². The van der Waals surface area contributed by atoms with E-state index in [1.807, 2.05) is 0 Å². The quantitative estimate of drug-likeness (QED) is 0.602. The average molecular weight is 267 g/mol. The first kappa shape index (κ1) is 11.2. The van der Waals surface area contributed by atoms with Crippen molar-refractivity contribution in [3.63, 3.8) is 0 Å². The third-order valence-electron chi connectivity index (χ3n) is 3.35. The maximum absolute atomic E-state index is 3.80. The Morgan fingerprint density at radius 1 is 1.27 bits per heavy atom. The van der Waals surface area contributed by atoms with Crippen LogP contribution in [0.1, 0.15) is 49.2 Å². The molecule has 0 fully saturated rings. The Bertz CT molecular complexity index is 373. The molecule has 2 unspecified atom stereocenters. The van der Waals surface area contributed by atoms with E-state index in [0.717, 1.165) is 5.92 Å². The Morgan fingerprint density at radius 3 is 2.53 bits per heavy atom. The molecule has 0 amide bonds. The molecule has 0 spiro atoms. The van der Waals surface area contributed by atoms with Gasteiger partial charge in [-0.15, -0.1) is 0 Å². The van der Waals surface area contributed by atoms with Gasteiger partial charge in [-0.1, -0.05) is 61.8 Å². The molecule has 1 aromatic rings. The van der Waals surface area contributed by atoms with Crippen LogP contribution in [0.2, 0.25) is 0 Å². The maximum atomic E-state index is 3.80. The molecule has 0 bridgehead atoms. The number of benzene rings is 1. The van der Waals surface area contributed by atoms with Crippen LogP contribution >= 0.6 is 15.9 Å². The molecule has 2 rings (SSSR count). The van der Waals surface area contributed by atoms with Gasteiger partial charge in [-0.25, -0.2) is 0 Å². The first-order valence-corrected chi connectivity index (χ1v) is 6.58. The van der Waals surface area contributed by atoms with E-state index >= 15 is 0 Å². The number of hydrogen-bond donors (Lipinski definition) is 0. The van der Waals surface area contributed by atoms with Crippen LogP contribution in [0.15, 0.2) is 18.2 Å². The highest BCUT2D eigenvalue weighted by molar-refractivity contribution is 9.09. The van der Waals surface area contributed by atoms with Crippen molar-refractivity contribution in [1.29, 1.82) is 0 Å².